The van der Waals surface area contributed by atoms with Crippen molar-refractivity contribution >= 4 is 10.1 Å². The Hall–Kier alpha value is 0.870. The zero-order valence-electron chi connectivity index (χ0n) is 19.7. The molecule has 0 spiro atoms. The van der Waals surface area contributed by atoms with E-state index in [0.717, 1.165) is 38.5 Å². The van der Waals surface area contributed by atoms with E-state index in [1.54, 1.807) is 0 Å². The predicted molar refractivity (Wildman–Crippen MR) is 119 cm³/mol. The van der Waals surface area contributed by atoms with Gasteiger partial charge in [-0.25, -0.2) is 8.42 Å². The summed E-state index contributed by atoms with van der Waals surface area (Å²) in [5.41, 5.74) is 0. The molecule has 2 unspecified atom stereocenters. The average Bonchev–Trinajstić information content (AvgIpc) is 2.64. The van der Waals surface area contributed by atoms with Crippen LogP contribution in [0.25, 0.3) is 0 Å². The molecule has 29 heavy (non-hydrogen) atoms. The third-order valence-corrected chi connectivity index (χ3v) is 7.04. The zero-order chi connectivity index (χ0) is 21.1. The molecule has 0 aliphatic heterocycles. The van der Waals surface area contributed by atoms with Crippen molar-refractivity contribution in [3.63, 3.8) is 0 Å². The number of rotatable bonds is 21. The van der Waals surface area contributed by atoms with Crippen molar-refractivity contribution in [1.29, 1.82) is 0 Å². The van der Waals surface area contributed by atoms with Gasteiger partial charge < -0.3 is 9.66 Å². The first-order valence-electron chi connectivity index (χ1n) is 12.0. The Balaban J connectivity index is 0. The van der Waals surface area contributed by atoms with E-state index in [4.69, 9.17) is 0 Å². The van der Waals surface area contributed by atoms with E-state index in [9.17, 15) is 18.1 Å². The zero-order valence-corrected chi connectivity index (χ0v) is 22.5. The monoisotopic (exact) mass is 442 g/mol. The summed E-state index contributed by atoms with van der Waals surface area (Å²) in [4.78, 5) is 0. The first kappa shape index (κ1) is 32.1. The van der Waals surface area contributed by atoms with Crippen LogP contribution < -0.4 is 29.6 Å². The summed E-state index contributed by atoms with van der Waals surface area (Å²) in [6, 6.07) is 0. The molecule has 0 fully saturated rings. The van der Waals surface area contributed by atoms with Gasteiger partial charge in [-0.3, -0.25) is 0 Å². The van der Waals surface area contributed by atoms with Crippen LogP contribution in [-0.2, 0) is 10.1 Å². The summed E-state index contributed by atoms with van der Waals surface area (Å²) in [5.74, 6) is 0. The summed E-state index contributed by atoms with van der Waals surface area (Å²) in [6.45, 7) is 4.41. The van der Waals surface area contributed by atoms with E-state index in [0.29, 0.717) is 19.3 Å². The molecule has 1 N–H and O–H groups in total. The fraction of sp³-hybridized carbons (Fsp3) is 1.00. The molecule has 0 radical (unpaired) electrons. The van der Waals surface area contributed by atoms with Crippen molar-refractivity contribution in [2.24, 2.45) is 0 Å². The first-order valence-corrected chi connectivity index (χ1v) is 13.5. The van der Waals surface area contributed by atoms with Crippen LogP contribution in [0.1, 0.15) is 136 Å². The summed E-state index contributed by atoms with van der Waals surface area (Å²) < 4.78 is 34.6. The molecule has 0 aromatic heterocycles. The molecule has 6 heteroatoms. The molecule has 0 aromatic rings. The number of hydrogen-bond acceptors (Lipinski definition) is 4. The molecule has 0 heterocycles. The molecule has 0 aromatic carbocycles. The topological polar surface area (TPSA) is 77.4 Å². The van der Waals surface area contributed by atoms with Gasteiger partial charge in [-0.15, -0.1) is 0 Å². The average molecular weight is 443 g/mol. The van der Waals surface area contributed by atoms with Crippen LogP contribution in [0.3, 0.4) is 0 Å². The maximum Gasteiger partial charge on any atom is 1.00 e. The van der Waals surface area contributed by atoms with Gasteiger partial charge in [0.05, 0.1) is 16.2 Å². The van der Waals surface area contributed by atoms with E-state index in [2.05, 4.69) is 13.8 Å². The molecule has 0 rings (SSSR count). The number of aliphatic hydroxyl groups excluding tert-OH is 1. The minimum atomic E-state index is -4.26. The number of hydrogen-bond donors (Lipinski definition) is 1. The molecule has 0 saturated carbocycles. The molecule has 0 bridgehead atoms. The third-order valence-electron chi connectivity index (χ3n) is 5.75. The maximum absolute atomic E-state index is 11.5. The number of aliphatic hydroxyl groups is 1. The molecular formula is C23H47NaO4S. The van der Waals surface area contributed by atoms with Gasteiger partial charge in [0, 0.05) is 5.25 Å². The molecule has 4 nitrogen and oxygen atoms in total. The van der Waals surface area contributed by atoms with E-state index in [1.807, 2.05) is 0 Å². The van der Waals surface area contributed by atoms with Crippen LogP contribution in [0.5, 0.6) is 0 Å². The van der Waals surface area contributed by atoms with E-state index in [-0.39, 0.29) is 29.6 Å². The molecule has 0 amide bonds. The van der Waals surface area contributed by atoms with E-state index < -0.39 is 21.5 Å². The molecule has 2 atom stereocenters. The van der Waals surface area contributed by atoms with Gasteiger partial charge in [-0.2, -0.15) is 0 Å². The first-order chi connectivity index (χ1) is 13.4. The molecule has 0 aliphatic carbocycles. The van der Waals surface area contributed by atoms with Gasteiger partial charge in [-0.1, -0.05) is 110 Å². The molecule has 170 valence electrons. The molecule has 0 saturated heterocycles. The maximum atomic E-state index is 11.5. The largest absolute Gasteiger partial charge is 1.00 e. The van der Waals surface area contributed by atoms with Crippen molar-refractivity contribution in [3.05, 3.63) is 0 Å². The standard InChI is InChI=1S/C23H48O4S.Na/c1-3-5-7-9-11-13-15-17-19-23(28(25,26)27)21-20-22(24)18-16-14-12-10-8-6-4-2;/h22-24H,3-21H2,1-2H3,(H,25,26,27);/q;+1/p-1. The molecular weight excluding hydrogens is 395 g/mol. The van der Waals surface area contributed by atoms with Crippen molar-refractivity contribution in [3.8, 4) is 0 Å². The molecule has 0 aliphatic rings. The van der Waals surface area contributed by atoms with Crippen LogP contribution in [0, 0.1) is 0 Å². The quantitative estimate of drug-likeness (QED) is 0.167. The minimum Gasteiger partial charge on any atom is -0.748 e. The van der Waals surface area contributed by atoms with Gasteiger partial charge in [0.25, 0.3) is 0 Å². The van der Waals surface area contributed by atoms with Crippen molar-refractivity contribution in [1.82, 2.24) is 0 Å². The third kappa shape index (κ3) is 21.9. The van der Waals surface area contributed by atoms with Gasteiger partial charge in [-0.05, 0) is 25.7 Å². The minimum absolute atomic E-state index is 0. The van der Waals surface area contributed by atoms with E-state index >= 15 is 0 Å². The fourth-order valence-corrected chi connectivity index (χ4v) is 4.68. The van der Waals surface area contributed by atoms with Crippen LogP contribution in [0.4, 0.5) is 0 Å². The summed E-state index contributed by atoms with van der Waals surface area (Å²) in [5, 5.41) is 9.30. The van der Waals surface area contributed by atoms with Crippen molar-refractivity contribution in [2.75, 3.05) is 0 Å². The summed E-state index contributed by atoms with van der Waals surface area (Å²) in [6.07, 6.45) is 19.0. The predicted octanol–water partition coefficient (Wildman–Crippen LogP) is 3.72. The van der Waals surface area contributed by atoms with Crippen molar-refractivity contribution in [2.45, 2.75) is 147 Å². The van der Waals surface area contributed by atoms with Gasteiger partial charge in [0.15, 0.2) is 0 Å². The van der Waals surface area contributed by atoms with E-state index in [1.165, 1.54) is 64.2 Å². The Bertz CT molecular complexity index is 429. The van der Waals surface area contributed by atoms with Crippen LogP contribution in [0.15, 0.2) is 0 Å². The van der Waals surface area contributed by atoms with Gasteiger partial charge in [0.1, 0.15) is 0 Å². The normalized spacial score (nSPS) is 13.8. The van der Waals surface area contributed by atoms with Crippen LogP contribution >= 0.6 is 0 Å². The SMILES string of the molecule is CCCCCCCCCCC(CCC(O)CCCCCCCCC)S(=O)(=O)[O-].[Na+]. The summed E-state index contributed by atoms with van der Waals surface area (Å²) >= 11 is 0. The Morgan fingerprint density at radius 1 is 0.621 bits per heavy atom. The van der Waals surface area contributed by atoms with Crippen LogP contribution in [0.2, 0.25) is 0 Å². The second kappa shape index (κ2) is 22.1. The fourth-order valence-electron chi connectivity index (χ4n) is 3.80. The number of unbranched alkanes of at least 4 members (excludes halogenated alkanes) is 13. The Morgan fingerprint density at radius 2 is 1.00 bits per heavy atom. The van der Waals surface area contributed by atoms with Gasteiger partial charge in [0.2, 0.25) is 0 Å². The Kier molecular flexibility index (Phi) is 24.4. The second-order valence-electron chi connectivity index (χ2n) is 8.52. The van der Waals surface area contributed by atoms with Crippen molar-refractivity contribution < 1.29 is 47.6 Å². The van der Waals surface area contributed by atoms with Gasteiger partial charge >= 0.3 is 29.6 Å². The smallest absolute Gasteiger partial charge is 0.748 e. The Morgan fingerprint density at radius 3 is 1.41 bits per heavy atom. The summed E-state index contributed by atoms with van der Waals surface area (Å²) in [7, 11) is -4.26. The Labute approximate surface area is 204 Å². The van der Waals surface area contributed by atoms with Crippen LogP contribution in [-0.4, -0.2) is 29.4 Å². The second-order valence-corrected chi connectivity index (χ2v) is 10.2.